The monoisotopic (exact) mass is 345 g/mol. The van der Waals surface area contributed by atoms with Crippen molar-refractivity contribution in [1.29, 1.82) is 0 Å². The van der Waals surface area contributed by atoms with Gasteiger partial charge in [0.15, 0.2) is 0 Å². The van der Waals surface area contributed by atoms with Gasteiger partial charge in [0.25, 0.3) is 0 Å². The number of rotatable bonds is 5. The molecule has 1 aliphatic rings. The first kappa shape index (κ1) is 16.8. The summed E-state index contributed by atoms with van der Waals surface area (Å²) in [6, 6.07) is 5.83. The molecular formula is C18H23N3O2S. The van der Waals surface area contributed by atoms with E-state index >= 15 is 0 Å². The number of aryl methyl sites for hydroxylation is 1. The molecule has 2 aromatic rings. The van der Waals surface area contributed by atoms with Gasteiger partial charge >= 0.3 is 6.03 Å². The Morgan fingerprint density at radius 1 is 1.50 bits per heavy atom. The number of urea groups is 1. The maximum absolute atomic E-state index is 12.3. The first-order chi connectivity index (χ1) is 11.6. The fourth-order valence-electron chi connectivity index (χ4n) is 3.11. The molecule has 128 valence electrons. The van der Waals surface area contributed by atoms with E-state index < -0.39 is 0 Å². The zero-order valence-corrected chi connectivity index (χ0v) is 15.1. The summed E-state index contributed by atoms with van der Waals surface area (Å²) in [7, 11) is 0. The fourth-order valence-corrected chi connectivity index (χ4v) is 3.82. The third kappa shape index (κ3) is 3.53. The Kier molecular flexibility index (Phi) is 5.04. The van der Waals surface area contributed by atoms with Gasteiger partial charge in [0.1, 0.15) is 5.75 Å². The fraction of sp³-hybridized carbons (Fsp3) is 0.444. The van der Waals surface area contributed by atoms with E-state index in [2.05, 4.69) is 21.7 Å². The van der Waals surface area contributed by atoms with Crippen molar-refractivity contribution in [3.63, 3.8) is 0 Å². The van der Waals surface area contributed by atoms with E-state index in [1.54, 1.807) is 11.3 Å². The molecule has 2 atom stereocenters. The lowest BCUT2D eigenvalue weighted by atomic mass is 10.1. The van der Waals surface area contributed by atoms with Gasteiger partial charge in [-0.2, -0.15) is 0 Å². The van der Waals surface area contributed by atoms with Crippen molar-refractivity contribution in [3.8, 4) is 5.75 Å². The number of carbonyl (C=O) groups excluding carboxylic acids is 1. The minimum Gasteiger partial charge on any atom is -0.494 e. The van der Waals surface area contributed by atoms with Crippen LogP contribution in [0.5, 0.6) is 5.75 Å². The molecule has 2 amide bonds. The summed E-state index contributed by atoms with van der Waals surface area (Å²) < 4.78 is 5.69. The van der Waals surface area contributed by atoms with Gasteiger partial charge in [0.2, 0.25) is 0 Å². The van der Waals surface area contributed by atoms with Crippen LogP contribution in [0.2, 0.25) is 0 Å². The largest absolute Gasteiger partial charge is 0.494 e. The Balaban J connectivity index is 1.64. The third-order valence-electron chi connectivity index (χ3n) is 4.26. The van der Waals surface area contributed by atoms with Crippen LogP contribution >= 0.6 is 11.3 Å². The summed E-state index contributed by atoms with van der Waals surface area (Å²) in [5.41, 5.74) is 3.28. The lowest BCUT2D eigenvalue weighted by molar-refractivity contribution is 0.234. The Morgan fingerprint density at radius 3 is 3.04 bits per heavy atom. The average Bonchev–Trinajstić information content (AvgIpc) is 3.15. The van der Waals surface area contributed by atoms with Crippen molar-refractivity contribution in [3.05, 3.63) is 45.4 Å². The minimum absolute atomic E-state index is 0.0322. The quantitative estimate of drug-likeness (QED) is 0.864. The van der Waals surface area contributed by atoms with Gasteiger partial charge in [0, 0.05) is 5.38 Å². The molecule has 0 spiro atoms. The van der Waals surface area contributed by atoms with E-state index in [-0.39, 0.29) is 18.1 Å². The number of benzene rings is 1. The minimum atomic E-state index is -0.159. The number of fused-ring (bicyclic) bond motifs is 1. The topological polar surface area (TPSA) is 63.2 Å². The van der Waals surface area contributed by atoms with E-state index in [1.165, 1.54) is 5.56 Å². The van der Waals surface area contributed by atoms with E-state index in [0.29, 0.717) is 6.61 Å². The molecule has 0 bridgehead atoms. The maximum Gasteiger partial charge on any atom is 0.315 e. The van der Waals surface area contributed by atoms with E-state index in [9.17, 15) is 4.79 Å². The number of aromatic nitrogens is 1. The number of nitrogens with one attached hydrogen (secondary N) is 2. The number of hydrogen-bond donors (Lipinski definition) is 2. The van der Waals surface area contributed by atoms with Crippen LogP contribution in [0.3, 0.4) is 0 Å². The summed E-state index contributed by atoms with van der Waals surface area (Å²) >= 11 is 1.59. The Morgan fingerprint density at radius 2 is 2.33 bits per heavy atom. The molecule has 0 saturated heterocycles. The summed E-state index contributed by atoms with van der Waals surface area (Å²) in [6.45, 7) is 6.55. The molecule has 5 nitrogen and oxygen atoms in total. The predicted molar refractivity (Wildman–Crippen MR) is 95.6 cm³/mol. The number of carbonyl (C=O) groups is 1. The number of ether oxygens (including phenoxy) is 1. The molecule has 0 saturated carbocycles. The molecule has 1 aromatic heterocycles. The molecule has 6 heteroatoms. The van der Waals surface area contributed by atoms with Crippen molar-refractivity contribution >= 4 is 17.4 Å². The van der Waals surface area contributed by atoms with Crippen molar-refractivity contribution < 1.29 is 9.53 Å². The lowest BCUT2D eigenvalue weighted by Crippen LogP contribution is -2.38. The van der Waals surface area contributed by atoms with Gasteiger partial charge < -0.3 is 15.4 Å². The highest BCUT2D eigenvalue weighted by Gasteiger charge is 2.27. The van der Waals surface area contributed by atoms with Gasteiger partial charge in [-0.15, -0.1) is 11.3 Å². The molecule has 1 aromatic carbocycles. The molecule has 1 heterocycles. The van der Waals surface area contributed by atoms with Crippen LogP contribution in [0.15, 0.2) is 23.6 Å². The van der Waals surface area contributed by atoms with Crippen molar-refractivity contribution in [2.45, 2.75) is 45.7 Å². The van der Waals surface area contributed by atoms with Gasteiger partial charge in [-0.05, 0) is 50.8 Å². The van der Waals surface area contributed by atoms with Gasteiger partial charge in [0.05, 0.1) is 29.4 Å². The second kappa shape index (κ2) is 7.21. The number of amides is 2. The van der Waals surface area contributed by atoms with Crippen LogP contribution < -0.4 is 15.4 Å². The average molecular weight is 345 g/mol. The first-order valence-electron chi connectivity index (χ1n) is 8.32. The standard InChI is InChI=1S/C18H23N3O2S/c1-4-23-17-7-5-6-13-14(17)8-9-15(13)21-18(22)19-11(2)16-10-24-12(3)20-16/h5-7,10-11,15H,4,8-9H2,1-3H3,(H2,19,21,22). The van der Waals surface area contributed by atoms with Crippen molar-refractivity contribution in [2.24, 2.45) is 0 Å². The molecule has 2 N–H and O–H groups in total. The van der Waals surface area contributed by atoms with E-state index in [0.717, 1.165) is 34.9 Å². The molecule has 1 aliphatic carbocycles. The van der Waals surface area contributed by atoms with Crippen LogP contribution in [0, 0.1) is 6.92 Å². The number of nitrogens with zero attached hydrogens (tertiary/aromatic N) is 1. The van der Waals surface area contributed by atoms with Crippen LogP contribution in [0.1, 0.15) is 54.2 Å². The Bertz CT molecular complexity index is 729. The molecule has 3 rings (SSSR count). The van der Waals surface area contributed by atoms with E-state index in [1.807, 2.05) is 38.3 Å². The number of hydrogen-bond acceptors (Lipinski definition) is 4. The SMILES string of the molecule is CCOc1cccc2c1CCC2NC(=O)NC(C)c1csc(C)n1. The normalized spacial score (nSPS) is 17.2. The Labute approximate surface area is 146 Å². The zero-order chi connectivity index (χ0) is 17.1. The summed E-state index contributed by atoms with van der Waals surface area (Å²) in [5, 5.41) is 9.04. The maximum atomic E-state index is 12.3. The van der Waals surface area contributed by atoms with Crippen molar-refractivity contribution in [1.82, 2.24) is 15.6 Å². The van der Waals surface area contributed by atoms with Crippen molar-refractivity contribution in [2.75, 3.05) is 6.61 Å². The van der Waals surface area contributed by atoms with Crippen LogP contribution in [-0.2, 0) is 6.42 Å². The van der Waals surface area contributed by atoms with Gasteiger partial charge in [-0.3, -0.25) is 0 Å². The van der Waals surface area contributed by atoms with Crippen LogP contribution in [-0.4, -0.2) is 17.6 Å². The number of thiazole rings is 1. The predicted octanol–water partition coefficient (Wildman–Crippen LogP) is 3.90. The molecule has 0 aliphatic heterocycles. The molecule has 0 radical (unpaired) electrons. The Hall–Kier alpha value is -2.08. The summed E-state index contributed by atoms with van der Waals surface area (Å²) in [6.07, 6.45) is 1.83. The molecule has 0 fully saturated rings. The van der Waals surface area contributed by atoms with Crippen LogP contribution in [0.25, 0.3) is 0 Å². The van der Waals surface area contributed by atoms with Crippen LogP contribution in [0.4, 0.5) is 4.79 Å². The van der Waals surface area contributed by atoms with Gasteiger partial charge in [-0.25, -0.2) is 9.78 Å². The molecular weight excluding hydrogens is 322 g/mol. The highest BCUT2D eigenvalue weighted by molar-refractivity contribution is 7.09. The molecule has 2 unspecified atom stereocenters. The smallest absolute Gasteiger partial charge is 0.315 e. The summed E-state index contributed by atoms with van der Waals surface area (Å²) in [5.74, 6) is 0.936. The third-order valence-corrected chi connectivity index (χ3v) is 5.05. The highest BCUT2D eigenvalue weighted by Crippen LogP contribution is 2.36. The van der Waals surface area contributed by atoms with E-state index in [4.69, 9.17) is 4.74 Å². The molecule has 24 heavy (non-hydrogen) atoms. The zero-order valence-electron chi connectivity index (χ0n) is 14.3. The second-order valence-corrected chi connectivity index (χ2v) is 7.04. The lowest BCUT2D eigenvalue weighted by Gasteiger charge is -2.18. The van der Waals surface area contributed by atoms with Gasteiger partial charge in [-0.1, -0.05) is 12.1 Å². The summed E-state index contributed by atoms with van der Waals surface area (Å²) in [4.78, 5) is 16.8. The second-order valence-electron chi connectivity index (χ2n) is 5.98. The first-order valence-corrected chi connectivity index (χ1v) is 9.20. The highest BCUT2D eigenvalue weighted by atomic mass is 32.1.